The number of amidine groups is 2. The smallest absolute Gasteiger partial charge is 0.383 e. The third kappa shape index (κ3) is 3.93. The maximum absolute atomic E-state index is 13.6. The van der Waals surface area contributed by atoms with Crippen molar-refractivity contribution in [3.8, 4) is 11.1 Å². The number of hydrogen-bond donors (Lipinski definition) is 2. The van der Waals surface area contributed by atoms with E-state index in [-0.39, 0.29) is 45.4 Å². The monoisotopic (exact) mass is 477 g/mol. The number of hydrogen-bond acceptors (Lipinski definition) is 2. The number of fused-ring (bicyclic) bond motifs is 2. The van der Waals surface area contributed by atoms with Gasteiger partial charge in [0.25, 0.3) is 0 Å². The highest BCUT2D eigenvalue weighted by Gasteiger charge is 2.38. The van der Waals surface area contributed by atoms with Crippen LogP contribution in [0.25, 0.3) is 21.9 Å². The topological polar surface area (TPSA) is 62.2 Å². The average Bonchev–Trinajstić information content (AvgIpc) is 3.03. The van der Waals surface area contributed by atoms with Crippen molar-refractivity contribution in [3.05, 3.63) is 70.3 Å². The summed E-state index contributed by atoms with van der Waals surface area (Å²) in [6, 6.07) is 8.52. The Morgan fingerprint density at radius 2 is 1.41 bits per heavy atom. The Balaban J connectivity index is 2.17. The summed E-state index contributed by atoms with van der Waals surface area (Å²) in [5.74, 6) is -0.320. The number of nitrogens with one attached hydrogen (secondary N) is 1. The zero-order chi connectivity index (χ0) is 25.2. The predicted octanol–water partition coefficient (Wildman–Crippen LogP) is 7.28. The van der Waals surface area contributed by atoms with E-state index in [1.807, 2.05) is 26.8 Å². The molecule has 0 saturated heterocycles. The maximum Gasteiger partial charge on any atom is 0.416 e. The number of nitrogens with zero attached hydrogens (tertiary/aromatic N) is 1. The zero-order valence-corrected chi connectivity index (χ0v) is 18.5. The molecule has 3 aromatic carbocycles. The molecule has 4 rings (SSSR count). The summed E-state index contributed by atoms with van der Waals surface area (Å²) in [5, 5.41) is 9.13. The van der Waals surface area contributed by atoms with Crippen LogP contribution >= 0.6 is 0 Å². The Morgan fingerprint density at radius 3 is 1.94 bits per heavy atom. The number of nitrogens with two attached hydrogens (primary N) is 1. The van der Waals surface area contributed by atoms with Crippen LogP contribution in [0.15, 0.2) is 47.5 Å². The first-order chi connectivity index (χ1) is 15.6. The SMILES string of the molecule is CCC(C)(C)c1ccc2cc3c(c(-c4cc(C(F)(F)F)cc(C(F)(F)F)c4)c2c1)C(N)=NC3=N. The van der Waals surface area contributed by atoms with Crippen LogP contribution in [0.3, 0.4) is 0 Å². The van der Waals surface area contributed by atoms with Gasteiger partial charge in [-0.05, 0) is 64.1 Å². The third-order valence-electron chi connectivity index (χ3n) is 6.43. The minimum atomic E-state index is -4.99. The highest BCUT2D eigenvalue weighted by atomic mass is 19.4. The van der Waals surface area contributed by atoms with E-state index in [4.69, 9.17) is 11.1 Å². The van der Waals surface area contributed by atoms with Gasteiger partial charge in [-0.2, -0.15) is 26.3 Å². The summed E-state index contributed by atoms with van der Waals surface area (Å²) in [4.78, 5) is 3.93. The number of halogens is 6. The van der Waals surface area contributed by atoms with Crippen molar-refractivity contribution in [1.82, 2.24) is 0 Å². The van der Waals surface area contributed by atoms with E-state index in [2.05, 4.69) is 4.99 Å². The van der Waals surface area contributed by atoms with Gasteiger partial charge >= 0.3 is 12.4 Å². The minimum absolute atomic E-state index is 0.0972. The Bertz CT molecular complexity index is 1330. The highest BCUT2D eigenvalue weighted by molar-refractivity contribution is 6.27. The van der Waals surface area contributed by atoms with Crippen LogP contribution in [0.4, 0.5) is 26.3 Å². The molecule has 1 heterocycles. The average molecular weight is 477 g/mol. The molecule has 0 bridgehead atoms. The Morgan fingerprint density at radius 1 is 0.824 bits per heavy atom. The molecule has 9 heteroatoms. The third-order valence-corrected chi connectivity index (χ3v) is 6.43. The lowest BCUT2D eigenvalue weighted by atomic mass is 9.80. The summed E-state index contributed by atoms with van der Waals surface area (Å²) in [6.07, 6.45) is -9.23. The van der Waals surface area contributed by atoms with Crippen LogP contribution in [0, 0.1) is 5.41 Å². The molecule has 1 aliphatic heterocycles. The van der Waals surface area contributed by atoms with Crippen LogP contribution in [-0.2, 0) is 17.8 Å². The van der Waals surface area contributed by atoms with Crippen LogP contribution in [0.5, 0.6) is 0 Å². The quantitative estimate of drug-likeness (QED) is 0.383. The molecule has 0 spiro atoms. The van der Waals surface area contributed by atoms with E-state index < -0.39 is 23.5 Å². The second kappa shape index (κ2) is 7.58. The van der Waals surface area contributed by atoms with E-state index in [0.29, 0.717) is 22.9 Å². The first-order valence-electron chi connectivity index (χ1n) is 10.5. The van der Waals surface area contributed by atoms with Crippen LogP contribution in [-0.4, -0.2) is 11.7 Å². The second-order valence-corrected chi connectivity index (χ2v) is 8.99. The lowest BCUT2D eigenvalue weighted by molar-refractivity contribution is -0.143. The summed E-state index contributed by atoms with van der Waals surface area (Å²) in [5.41, 5.74) is 4.00. The van der Waals surface area contributed by atoms with Crippen molar-refractivity contribution in [2.24, 2.45) is 10.7 Å². The summed E-state index contributed by atoms with van der Waals surface area (Å²) < 4.78 is 81.6. The molecule has 0 atom stereocenters. The second-order valence-electron chi connectivity index (χ2n) is 8.99. The standard InChI is InChI=1S/C25H21F6N3/c1-4-23(2,3)14-6-5-12-9-18-20(22(33)34-21(18)32)19(17(12)11-14)13-7-15(24(26,27)28)10-16(8-13)25(29,30)31/h5-11H,4H2,1-3H3,(H3,32,33,34). The van der Waals surface area contributed by atoms with Crippen LogP contribution in [0.1, 0.15) is 55.0 Å². The van der Waals surface area contributed by atoms with Gasteiger partial charge in [0.2, 0.25) is 0 Å². The zero-order valence-electron chi connectivity index (χ0n) is 18.5. The van der Waals surface area contributed by atoms with Crippen molar-refractivity contribution in [3.63, 3.8) is 0 Å². The van der Waals surface area contributed by atoms with Gasteiger partial charge in [-0.15, -0.1) is 0 Å². The minimum Gasteiger partial charge on any atom is -0.383 e. The lowest BCUT2D eigenvalue weighted by Gasteiger charge is -2.25. The van der Waals surface area contributed by atoms with E-state index in [0.717, 1.165) is 12.0 Å². The molecular formula is C25H21F6N3. The van der Waals surface area contributed by atoms with Gasteiger partial charge in [0, 0.05) is 16.7 Å². The molecule has 3 nitrogen and oxygen atoms in total. The van der Waals surface area contributed by atoms with Crippen LogP contribution in [0.2, 0.25) is 0 Å². The Hall–Kier alpha value is -3.36. The summed E-state index contributed by atoms with van der Waals surface area (Å²) in [6.45, 7) is 5.99. The van der Waals surface area contributed by atoms with Crippen molar-refractivity contribution in [2.45, 2.75) is 45.0 Å². The largest absolute Gasteiger partial charge is 0.416 e. The molecule has 1 aliphatic rings. The molecule has 0 unspecified atom stereocenters. The Kier molecular flexibility index (Phi) is 5.30. The summed E-state index contributed by atoms with van der Waals surface area (Å²) in [7, 11) is 0. The fourth-order valence-corrected chi connectivity index (χ4v) is 4.11. The van der Waals surface area contributed by atoms with Crippen molar-refractivity contribution >= 4 is 22.4 Å². The van der Waals surface area contributed by atoms with Gasteiger partial charge in [0.05, 0.1) is 11.1 Å². The fourth-order valence-electron chi connectivity index (χ4n) is 4.11. The van der Waals surface area contributed by atoms with E-state index in [1.54, 1.807) is 18.2 Å². The number of aliphatic imine (C=N–C) groups is 1. The molecule has 178 valence electrons. The maximum atomic E-state index is 13.6. The molecule has 3 N–H and O–H groups in total. The van der Waals surface area contributed by atoms with Crippen molar-refractivity contribution in [2.75, 3.05) is 0 Å². The Labute approximate surface area is 191 Å². The summed E-state index contributed by atoms with van der Waals surface area (Å²) >= 11 is 0. The number of benzene rings is 3. The van der Waals surface area contributed by atoms with Gasteiger partial charge in [-0.1, -0.05) is 32.9 Å². The fraction of sp³-hybridized carbons (Fsp3) is 0.280. The number of rotatable bonds is 3. The molecule has 0 saturated carbocycles. The normalized spacial score (nSPS) is 14.5. The van der Waals surface area contributed by atoms with Gasteiger partial charge < -0.3 is 5.73 Å². The molecule has 0 fully saturated rings. The first kappa shape index (κ1) is 23.8. The van der Waals surface area contributed by atoms with Gasteiger partial charge in [-0.3, -0.25) is 5.41 Å². The number of alkyl halides is 6. The molecule has 0 aromatic heterocycles. The first-order valence-corrected chi connectivity index (χ1v) is 10.5. The highest BCUT2D eigenvalue weighted by Crippen LogP contribution is 2.43. The molecule has 3 aromatic rings. The molecule has 0 amide bonds. The van der Waals surface area contributed by atoms with Gasteiger partial charge in [0.1, 0.15) is 5.84 Å². The molecule has 34 heavy (non-hydrogen) atoms. The molecule has 0 aliphatic carbocycles. The van der Waals surface area contributed by atoms with Crippen LogP contribution < -0.4 is 5.73 Å². The van der Waals surface area contributed by atoms with Gasteiger partial charge in [0.15, 0.2) is 5.84 Å². The van der Waals surface area contributed by atoms with E-state index >= 15 is 0 Å². The predicted molar refractivity (Wildman–Crippen MR) is 120 cm³/mol. The van der Waals surface area contributed by atoms with E-state index in [9.17, 15) is 26.3 Å². The van der Waals surface area contributed by atoms with E-state index in [1.165, 1.54) is 0 Å². The van der Waals surface area contributed by atoms with Gasteiger partial charge in [-0.25, -0.2) is 4.99 Å². The molecule has 0 radical (unpaired) electrons. The van der Waals surface area contributed by atoms with Crippen molar-refractivity contribution in [1.29, 1.82) is 5.41 Å². The lowest BCUT2D eigenvalue weighted by Crippen LogP contribution is -2.16. The van der Waals surface area contributed by atoms with Crippen molar-refractivity contribution < 1.29 is 26.3 Å². The molecular weight excluding hydrogens is 456 g/mol.